The summed E-state index contributed by atoms with van der Waals surface area (Å²) in [6.45, 7) is 0. The van der Waals surface area contributed by atoms with E-state index in [9.17, 15) is 20.0 Å². The second-order valence-corrected chi connectivity index (χ2v) is 5.40. The van der Waals surface area contributed by atoms with Gasteiger partial charge in [0.2, 0.25) is 5.91 Å². The molecule has 1 aliphatic carbocycles. The van der Waals surface area contributed by atoms with Crippen molar-refractivity contribution >= 4 is 17.3 Å². The van der Waals surface area contributed by atoms with E-state index < -0.39 is 11.0 Å². The van der Waals surface area contributed by atoms with Crippen LogP contribution in [-0.2, 0) is 11.2 Å². The van der Waals surface area contributed by atoms with Crippen molar-refractivity contribution in [3.05, 3.63) is 33.9 Å². The van der Waals surface area contributed by atoms with Gasteiger partial charge in [-0.15, -0.1) is 0 Å². The zero-order chi connectivity index (χ0) is 14.3. The number of fused-ring (bicyclic) bond motifs is 1. The van der Waals surface area contributed by atoms with Gasteiger partial charge in [-0.1, -0.05) is 0 Å². The van der Waals surface area contributed by atoms with Crippen molar-refractivity contribution in [3.8, 4) is 0 Å². The third-order valence-electron chi connectivity index (χ3n) is 4.19. The Bertz CT molecular complexity index is 572. The second-order valence-electron chi connectivity index (χ2n) is 5.40. The zero-order valence-electron chi connectivity index (χ0n) is 11.0. The van der Waals surface area contributed by atoms with Gasteiger partial charge in [0.25, 0.3) is 5.69 Å². The van der Waals surface area contributed by atoms with E-state index in [2.05, 4.69) is 0 Å². The molecule has 20 heavy (non-hydrogen) atoms. The molecule has 0 spiro atoms. The lowest BCUT2D eigenvalue weighted by molar-refractivity contribution is -0.384. The zero-order valence-corrected chi connectivity index (χ0v) is 11.0. The van der Waals surface area contributed by atoms with Gasteiger partial charge in [-0.25, -0.2) is 0 Å². The van der Waals surface area contributed by atoms with Crippen LogP contribution in [0, 0.1) is 10.1 Å². The van der Waals surface area contributed by atoms with E-state index in [1.54, 1.807) is 11.0 Å². The van der Waals surface area contributed by atoms with E-state index in [0.29, 0.717) is 19.3 Å². The van der Waals surface area contributed by atoms with Gasteiger partial charge in [0, 0.05) is 24.2 Å². The van der Waals surface area contributed by atoms with Crippen LogP contribution in [0.2, 0.25) is 0 Å². The fraction of sp³-hybridized carbons (Fsp3) is 0.500. The average molecular weight is 276 g/mol. The number of benzene rings is 1. The van der Waals surface area contributed by atoms with E-state index in [1.165, 1.54) is 12.1 Å². The molecule has 0 saturated heterocycles. The topological polar surface area (TPSA) is 83.7 Å². The molecule has 0 bridgehead atoms. The van der Waals surface area contributed by atoms with Gasteiger partial charge in [-0.05, 0) is 37.3 Å². The minimum atomic E-state index is -0.500. The van der Waals surface area contributed by atoms with Gasteiger partial charge < -0.3 is 10.0 Å². The molecule has 6 heteroatoms. The Balaban J connectivity index is 2.01. The first-order valence-electron chi connectivity index (χ1n) is 6.85. The number of amides is 1. The number of non-ortho nitro benzene ring substituents is 1. The summed E-state index contributed by atoms with van der Waals surface area (Å²) in [5.74, 6) is -0.00250. The van der Waals surface area contributed by atoms with Gasteiger partial charge >= 0.3 is 0 Å². The van der Waals surface area contributed by atoms with E-state index in [4.69, 9.17) is 0 Å². The van der Waals surface area contributed by atoms with Gasteiger partial charge in [0.05, 0.1) is 17.1 Å². The summed E-state index contributed by atoms with van der Waals surface area (Å²) in [5.41, 5.74) is 1.58. The van der Waals surface area contributed by atoms with Crippen LogP contribution in [0.25, 0.3) is 0 Å². The predicted molar refractivity (Wildman–Crippen MR) is 72.5 cm³/mol. The predicted octanol–water partition coefficient (Wildman–Crippen LogP) is 1.79. The lowest BCUT2D eigenvalue weighted by atomic mass is 9.97. The standard InChI is InChI=1S/C14H16N2O4/c17-13-3-1-2-12(13)15-11-6-5-10(16(19)20)8-9(11)4-7-14(15)18/h5-6,8,12-13,17H,1-4,7H2/t12-,13-/m0/s1. The Morgan fingerprint density at radius 3 is 2.75 bits per heavy atom. The van der Waals surface area contributed by atoms with Crippen molar-refractivity contribution in [2.45, 2.75) is 44.2 Å². The highest BCUT2D eigenvalue weighted by atomic mass is 16.6. The number of hydrogen-bond acceptors (Lipinski definition) is 4. The first-order valence-corrected chi connectivity index (χ1v) is 6.85. The maximum absolute atomic E-state index is 12.2. The maximum Gasteiger partial charge on any atom is 0.269 e. The van der Waals surface area contributed by atoms with Crippen LogP contribution >= 0.6 is 0 Å². The molecule has 1 aliphatic heterocycles. The monoisotopic (exact) mass is 276 g/mol. The summed E-state index contributed by atoms with van der Waals surface area (Å²) >= 11 is 0. The SMILES string of the molecule is O=C1CCc2cc([N+](=O)[O-])ccc2N1[C@H]1CCC[C@@H]1O. The Morgan fingerprint density at radius 1 is 1.30 bits per heavy atom. The summed E-state index contributed by atoms with van der Waals surface area (Å²) in [7, 11) is 0. The van der Waals surface area contributed by atoms with Crippen LogP contribution in [0.15, 0.2) is 18.2 Å². The van der Waals surface area contributed by atoms with Gasteiger partial charge in [-0.2, -0.15) is 0 Å². The molecular formula is C14H16N2O4. The maximum atomic E-state index is 12.2. The summed E-state index contributed by atoms with van der Waals surface area (Å²) in [6.07, 6.45) is 2.75. The smallest absolute Gasteiger partial charge is 0.269 e. The van der Waals surface area contributed by atoms with Crippen molar-refractivity contribution in [1.29, 1.82) is 0 Å². The molecule has 1 heterocycles. The average Bonchev–Trinajstić information content (AvgIpc) is 2.84. The van der Waals surface area contributed by atoms with E-state index in [0.717, 1.165) is 24.1 Å². The number of rotatable bonds is 2. The van der Waals surface area contributed by atoms with E-state index in [-0.39, 0.29) is 17.6 Å². The van der Waals surface area contributed by atoms with Crippen LogP contribution in [0.5, 0.6) is 0 Å². The molecular weight excluding hydrogens is 260 g/mol. The third-order valence-corrected chi connectivity index (χ3v) is 4.19. The van der Waals surface area contributed by atoms with Gasteiger partial charge in [0.15, 0.2) is 0 Å². The second kappa shape index (κ2) is 4.86. The number of carbonyl (C=O) groups is 1. The molecule has 1 amide bonds. The summed E-state index contributed by atoms with van der Waals surface area (Å²) in [5, 5.41) is 20.9. The molecule has 0 unspecified atom stereocenters. The van der Waals surface area contributed by atoms with Crippen LogP contribution in [0.3, 0.4) is 0 Å². The van der Waals surface area contributed by atoms with Gasteiger partial charge in [0.1, 0.15) is 0 Å². The molecule has 0 aromatic heterocycles. The highest BCUT2D eigenvalue weighted by molar-refractivity contribution is 5.97. The Kier molecular flexibility index (Phi) is 3.17. The Hall–Kier alpha value is -1.95. The van der Waals surface area contributed by atoms with E-state index in [1.807, 2.05) is 0 Å². The Morgan fingerprint density at radius 2 is 2.10 bits per heavy atom. The summed E-state index contributed by atoms with van der Waals surface area (Å²) < 4.78 is 0. The number of aliphatic hydroxyl groups is 1. The number of nitro benzene ring substituents is 1. The summed E-state index contributed by atoms with van der Waals surface area (Å²) in [6, 6.07) is 4.40. The molecule has 1 fully saturated rings. The fourth-order valence-corrected chi connectivity index (χ4v) is 3.20. The number of anilines is 1. The van der Waals surface area contributed by atoms with E-state index >= 15 is 0 Å². The van der Waals surface area contributed by atoms with Crippen molar-refractivity contribution in [2.75, 3.05) is 4.90 Å². The molecule has 2 aliphatic rings. The molecule has 1 saturated carbocycles. The van der Waals surface area contributed by atoms with Crippen LogP contribution in [0.4, 0.5) is 11.4 Å². The minimum Gasteiger partial charge on any atom is -0.391 e. The number of nitro groups is 1. The van der Waals surface area contributed by atoms with Crippen molar-refractivity contribution in [1.82, 2.24) is 0 Å². The van der Waals surface area contributed by atoms with Crippen molar-refractivity contribution in [3.63, 3.8) is 0 Å². The number of hydrogen-bond donors (Lipinski definition) is 1. The highest BCUT2D eigenvalue weighted by Crippen LogP contribution is 2.36. The van der Waals surface area contributed by atoms with Gasteiger partial charge in [-0.3, -0.25) is 14.9 Å². The molecule has 0 radical (unpaired) electrons. The van der Waals surface area contributed by atoms with Crippen LogP contribution < -0.4 is 4.90 Å². The summed E-state index contributed by atoms with van der Waals surface area (Å²) in [4.78, 5) is 24.2. The van der Waals surface area contributed by atoms with Crippen LogP contribution in [-0.4, -0.2) is 28.1 Å². The molecule has 3 rings (SSSR count). The van der Waals surface area contributed by atoms with Crippen molar-refractivity contribution < 1.29 is 14.8 Å². The molecule has 6 nitrogen and oxygen atoms in total. The number of aryl methyl sites for hydroxylation is 1. The number of aliphatic hydroxyl groups excluding tert-OH is 1. The van der Waals surface area contributed by atoms with Crippen molar-refractivity contribution in [2.24, 2.45) is 0 Å². The number of nitrogens with zero attached hydrogens (tertiary/aromatic N) is 2. The number of carbonyl (C=O) groups excluding carboxylic acids is 1. The lowest BCUT2D eigenvalue weighted by Crippen LogP contribution is -2.46. The molecule has 1 aromatic rings. The lowest BCUT2D eigenvalue weighted by Gasteiger charge is -2.35. The first-order chi connectivity index (χ1) is 9.58. The minimum absolute atomic E-state index is 0.00250. The molecule has 106 valence electrons. The first kappa shape index (κ1) is 13.1. The molecule has 2 atom stereocenters. The normalized spacial score (nSPS) is 25.6. The molecule has 1 N–H and O–H groups in total. The molecule has 1 aromatic carbocycles. The highest BCUT2D eigenvalue weighted by Gasteiger charge is 2.37. The fourth-order valence-electron chi connectivity index (χ4n) is 3.20. The Labute approximate surface area is 116 Å². The quantitative estimate of drug-likeness (QED) is 0.659. The largest absolute Gasteiger partial charge is 0.391 e. The van der Waals surface area contributed by atoms with Crippen LogP contribution in [0.1, 0.15) is 31.2 Å². The third kappa shape index (κ3) is 2.06.